The molecule has 7 heteroatoms. The molecule has 2 aromatic heterocycles. The molecule has 0 unspecified atom stereocenters. The van der Waals surface area contributed by atoms with Crippen LogP contribution in [0.4, 0.5) is 0 Å². The maximum Gasteiger partial charge on any atom is 0.371 e. The molecule has 0 radical (unpaired) electrons. The molecule has 0 atom stereocenters. The Morgan fingerprint density at radius 2 is 2.28 bits per heavy atom. The molecular formula is C11H14N4O3. The molecule has 0 aliphatic heterocycles. The van der Waals surface area contributed by atoms with Crippen LogP contribution >= 0.6 is 0 Å². The van der Waals surface area contributed by atoms with Gasteiger partial charge in [-0.2, -0.15) is 0 Å². The van der Waals surface area contributed by atoms with E-state index in [-0.39, 0.29) is 5.76 Å². The molecule has 18 heavy (non-hydrogen) atoms. The molecule has 0 amide bonds. The van der Waals surface area contributed by atoms with E-state index in [2.05, 4.69) is 29.4 Å². The summed E-state index contributed by atoms with van der Waals surface area (Å²) in [7, 11) is 0. The number of furan rings is 1. The van der Waals surface area contributed by atoms with Crippen molar-refractivity contribution in [3.8, 4) is 0 Å². The number of carboxylic acids is 1. The molecule has 1 N–H and O–H groups in total. The predicted octanol–water partition coefficient (Wildman–Crippen LogP) is 1.21. The smallest absolute Gasteiger partial charge is 0.371 e. The molecule has 0 saturated carbocycles. The summed E-state index contributed by atoms with van der Waals surface area (Å²) in [6, 6.07) is 3.04. The van der Waals surface area contributed by atoms with Crippen LogP contribution in [0.1, 0.15) is 36.0 Å². The first-order valence-corrected chi connectivity index (χ1v) is 5.63. The predicted molar refractivity (Wildman–Crippen MR) is 61.1 cm³/mol. The summed E-state index contributed by atoms with van der Waals surface area (Å²) >= 11 is 0. The van der Waals surface area contributed by atoms with Crippen molar-refractivity contribution in [2.24, 2.45) is 5.92 Å². The summed E-state index contributed by atoms with van der Waals surface area (Å²) in [6.45, 7) is 4.49. The Balaban J connectivity index is 2.13. The van der Waals surface area contributed by atoms with E-state index in [1.807, 2.05) is 0 Å². The van der Waals surface area contributed by atoms with Crippen molar-refractivity contribution >= 4 is 5.97 Å². The van der Waals surface area contributed by atoms with Gasteiger partial charge >= 0.3 is 5.97 Å². The third-order valence-corrected chi connectivity index (χ3v) is 2.37. The second kappa shape index (κ2) is 4.99. The molecule has 0 bridgehead atoms. The van der Waals surface area contributed by atoms with Gasteiger partial charge in [0.05, 0.1) is 0 Å². The topological polar surface area (TPSA) is 94.0 Å². The van der Waals surface area contributed by atoms with Crippen molar-refractivity contribution in [2.75, 3.05) is 0 Å². The molecule has 96 valence electrons. The van der Waals surface area contributed by atoms with Crippen molar-refractivity contribution in [1.29, 1.82) is 0 Å². The quantitative estimate of drug-likeness (QED) is 0.857. The largest absolute Gasteiger partial charge is 0.475 e. The summed E-state index contributed by atoms with van der Waals surface area (Å²) in [6.07, 6.45) is 0.763. The molecule has 2 heterocycles. The lowest BCUT2D eigenvalue weighted by Crippen LogP contribution is -2.09. The van der Waals surface area contributed by atoms with Crippen LogP contribution in [0.25, 0.3) is 0 Å². The Labute approximate surface area is 103 Å². The Hall–Kier alpha value is -2.18. The molecule has 0 aliphatic rings. The van der Waals surface area contributed by atoms with Gasteiger partial charge in [-0.3, -0.25) is 0 Å². The standard InChI is InChI=1S/C11H14N4O3/c1-7(2)5-10-12-13-14-15(10)6-8-3-4-9(18-8)11(16)17/h3-4,7H,5-6H2,1-2H3,(H,16,17). The maximum atomic E-state index is 10.7. The van der Waals surface area contributed by atoms with Gasteiger partial charge in [0.15, 0.2) is 5.82 Å². The summed E-state index contributed by atoms with van der Waals surface area (Å²) in [5, 5.41) is 20.2. The van der Waals surface area contributed by atoms with Crippen LogP contribution in [0.3, 0.4) is 0 Å². The van der Waals surface area contributed by atoms with Gasteiger partial charge in [-0.1, -0.05) is 13.8 Å². The number of hydrogen-bond acceptors (Lipinski definition) is 5. The van der Waals surface area contributed by atoms with Crippen LogP contribution in [0.15, 0.2) is 16.5 Å². The Morgan fingerprint density at radius 1 is 1.50 bits per heavy atom. The number of aromatic nitrogens is 4. The molecule has 0 aliphatic carbocycles. The van der Waals surface area contributed by atoms with Crippen molar-refractivity contribution < 1.29 is 14.3 Å². The summed E-state index contributed by atoms with van der Waals surface area (Å²) in [4.78, 5) is 10.7. The monoisotopic (exact) mass is 250 g/mol. The highest BCUT2D eigenvalue weighted by molar-refractivity contribution is 5.84. The molecule has 2 rings (SSSR count). The summed E-state index contributed by atoms with van der Waals surface area (Å²) in [5.41, 5.74) is 0. The average Bonchev–Trinajstić information content (AvgIpc) is 2.89. The number of hydrogen-bond donors (Lipinski definition) is 1. The summed E-state index contributed by atoms with van der Waals surface area (Å²) < 4.78 is 6.78. The van der Waals surface area contributed by atoms with Gasteiger partial charge < -0.3 is 9.52 Å². The van der Waals surface area contributed by atoms with E-state index >= 15 is 0 Å². The van der Waals surface area contributed by atoms with Crippen molar-refractivity contribution in [1.82, 2.24) is 20.2 Å². The van der Waals surface area contributed by atoms with Crippen LogP contribution in [0, 0.1) is 5.92 Å². The summed E-state index contributed by atoms with van der Waals surface area (Å²) in [5.74, 6) is 0.563. The lowest BCUT2D eigenvalue weighted by Gasteiger charge is -2.04. The van der Waals surface area contributed by atoms with Crippen LogP contribution in [0.5, 0.6) is 0 Å². The van der Waals surface area contributed by atoms with Gasteiger partial charge in [0.25, 0.3) is 0 Å². The molecular weight excluding hydrogens is 236 g/mol. The lowest BCUT2D eigenvalue weighted by molar-refractivity contribution is 0.0660. The maximum absolute atomic E-state index is 10.7. The van der Waals surface area contributed by atoms with Gasteiger partial charge in [0.1, 0.15) is 12.3 Å². The van der Waals surface area contributed by atoms with E-state index in [9.17, 15) is 4.79 Å². The number of rotatable bonds is 5. The highest BCUT2D eigenvalue weighted by atomic mass is 16.4. The highest BCUT2D eigenvalue weighted by Crippen LogP contribution is 2.11. The van der Waals surface area contributed by atoms with E-state index in [1.165, 1.54) is 6.07 Å². The van der Waals surface area contributed by atoms with E-state index in [1.54, 1.807) is 10.7 Å². The zero-order chi connectivity index (χ0) is 13.1. The average molecular weight is 250 g/mol. The fourth-order valence-electron chi connectivity index (χ4n) is 1.58. The third-order valence-electron chi connectivity index (χ3n) is 2.37. The molecule has 7 nitrogen and oxygen atoms in total. The number of carboxylic acid groups (broad SMARTS) is 1. The van der Waals surface area contributed by atoms with Crippen molar-refractivity contribution in [3.63, 3.8) is 0 Å². The first-order chi connectivity index (χ1) is 8.56. The van der Waals surface area contributed by atoms with Crippen LogP contribution < -0.4 is 0 Å². The zero-order valence-electron chi connectivity index (χ0n) is 10.2. The second-order valence-electron chi connectivity index (χ2n) is 4.42. The van der Waals surface area contributed by atoms with E-state index in [4.69, 9.17) is 9.52 Å². The Kier molecular flexibility index (Phi) is 3.40. The zero-order valence-corrected chi connectivity index (χ0v) is 10.2. The van der Waals surface area contributed by atoms with E-state index < -0.39 is 5.97 Å². The number of tetrazole rings is 1. The van der Waals surface area contributed by atoms with Crippen molar-refractivity contribution in [2.45, 2.75) is 26.8 Å². The minimum absolute atomic E-state index is 0.0801. The number of aromatic carboxylic acids is 1. The number of nitrogens with zero attached hydrogens (tertiary/aromatic N) is 4. The normalized spacial score (nSPS) is 11.1. The van der Waals surface area contributed by atoms with Crippen LogP contribution in [-0.4, -0.2) is 31.3 Å². The molecule has 0 spiro atoms. The first kappa shape index (κ1) is 12.3. The van der Waals surface area contributed by atoms with Gasteiger partial charge in [-0.25, -0.2) is 9.48 Å². The Bertz CT molecular complexity index is 544. The van der Waals surface area contributed by atoms with Gasteiger partial charge in [0.2, 0.25) is 5.76 Å². The fourth-order valence-corrected chi connectivity index (χ4v) is 1.58. The van der Waals surface area contributed by atoms with Crippen LogP contribution in [0.2, 0.25) is 0 Å². The first-order valence-electron chi connectivity index (χ1n) is 5.63. The van der Waals surface area contributed by atoms with Gasteiger partial charge in [0, 0.05) is 6.42 Å². The minimum Gasteiger partial charge on any atom is -0.475 e. The lowest BCUT2D eigenvalue weighted by atomic mass is 10.1. The van der Waals surface area contributed by atoms with E-state index in [0.717, 1.165) is 12.2 Å². The highest BCUT2D eigenvalue weighted by Gasteiger charge is 2.13. The van der Waals surface area contributed by atoms with Crippen LogP contribution in [-0.2, 0) is 13.0 Å². The SMILES string of the molecule is CC(C)Cc1nnnn1Cc1ccc(C(=O)O)o1. The molecule has 0 fully saturated rings. The van der Waals surface area contributed by atoms with Crippen molar-refractivity contribution in [3.05, 3.63) is 29.5 Å². The second-order valence-corrected chi connectivity index (χ2v) is 4.42. The molecule has 2 aromatic rings. The third kappa shape index (κ3) is 2.73. The fraction of sp³-hybridized carbons (Fsp3) is 0.455. The minimum atomic E-state index is -1.08. The Morgan fingerprint density at radius 3 is 2.89 bits per heavy atom. The van der Waals surface area contributed by atoms with Gasteiger partial charge in [-0.05, 0) is 28.5 Å². The number of carbonyl (C=O) groups is 1. The van der Waals surface area contributed by atoms with Gasteiger partial charge in [-0.15, -0.1) is 5.10 Å². The van der Waals surface area contributed by atoms with E-state index in [0.29, 0.717) is 18.2 Å². The molecule has 0 aromatic carbocycles. The molecule has 0 saturated heterocycles.